The number of hydrogen-bond acceptors (Lipinski definition) is 6. The first-order chi connectivity index (χ1) is 13.0. The van der Waals surface area contributed by atoms with Crippen molar-refractivity contribution in [2.45, 2.75) is 13.0 Å². The quantitative estimate of drug-likeness (QED) is 0.263. The van der Waals surface area contributed by atoms with Crippen LogP contribution in [0.3, 0.4) is 0 Å². The second-order valence-electron chi connectivity index (χ2n) is 5.99. The largest absolute Gasteiger partial charge is 0.442 e. The van der Waals surface area contributed by atoms with Crippen LogP contribution in [0.15, 0.2) is 18.2 Å². The van der Waals surface area contributed by atoms with Crippen molar-refractivity contribution >= 4 is 29.7 Å². The molecule has 1 aromatic rings. The average molecular weight is 381 g/mol. The van der Waals surface area contributed by atoms with Gasteiger partial charge in [-0.25, -0.2) is 9.18 Å². The number of anilines is 2. The number of rotatable bonds is 10. The van der Waals surface area contributed by atoms with Gasteiger partial charge in [-0.05, 0) is 18.2 Å². The standard InChI is InChI=1S/C17H24FN5O4/c1-12(25)21-9-14-10-23(17(26)27-14)13-2-3-16(15(18)8-13)22(11-19)6-4-20-5-7-24/h2-3,8,11,14,19-20,24H,4-7,9-10H2,1H3,(H,21,25). The number of hydrogen-bond donors (Lipinski definition) is 4. The molecule has 10 heteroatoms. The van der Waals surface area contributed by atoms with Gasteiger partial charge in [-0.15, -0.1) is 0 Å². The van der Waals surface area contributed by atoms with E-state index in [1.807, 2.05) is 0 Å². The molecule has 2 rings (SSSR count). The minimum absolute atomic E-state index is 0.00249. The maximum atomic E-state index is 14.6. The van der Waals surface area contributed by atoms with E-state index < -0.39 is 18.0 Å². The van der Waals surface area contributed by atoms with Gasteiger partial charge in [0, 0.05) is 26.6 Å². The van der Waals surface area contributed by atoms with Crippen molar-refractivity contribution in [2.75, 3.05) is 49.1 Å². The van der Waals surface area contributed by atoms with Crippen LogP contribution in [-0.2, 0) is 9.53 Å². The zero-order valence-electron chi connectivity index (χ0n) is 15.1. The predicted octanol–water partition coefficient (Wildman–Crippen LogP) is 0.282. The number of carbonyl (C=O) groups excluding carboxylic acids is 2. The van der Waals surface area contributed by atoms with E-state index in [-0.39, 0.29) is 31.3 Å². The van der Waals surface area contributed by atoms with Gasteiger partial charge in [0.2, 0.25) is 5.91 Å². The minimum atomic E-state index is -0.602. The SMILES string of the molecule is CC(=O)NCC1CN(c2ccc(N(C=N)CCNCCO)c(F)c2)C(=O)O1. The minimum Gasteiger partial charge on any atom is -0.442 e. The van der Waals surface area contributed by atoms with E-state index in [9.17, 15) is 14.0 Å². The molecule has 1 atom stereocenters. The summed E-state index contributed by atoms with van der Waals surface area (Å²) in [6, 6.07) is 4.29. The third kappa shape index (κ3) is 5.63. The Bertz CT molecular complexity index is 687. The molecule has 0 aliphatic carbocycles. The second-order valence-corrected chi connectivity index (χ2v) is 5.99. The molecule has 4 N–H and O–H groups in total. The van der Waals surface area contributed by atoms with Crippen molar-refractivity contribution in [2.24, 2.45) is 0 Å². The fourth-order valence-corrected chi connectivity index (χ4v) is 2.65. The number of amides is 2. The highest BCUT2D eigenvalue weighted by molar-refractivity contribution is 5.90. The molecule has 1 heterocycles. The number of carbonyl (C=O) groups is 2. The summed E-state index contributed by atoms with van der Waals surface area (Å²) in [4.78, 5) is 25.7. The van der Waals surface area contributed by atoms with Crippen molar-refractivity contribution in [1.82, 2.24) is 10.6 Å². The van der Waals surface area contributed by atoms with E-state index >= 15 is 0 Å². The zero-order chi connectivity index (χ0) is 19.8. The number of halogens is 1. The van der Waals surface area contributed by atoms with Crippen LogP contribution in [0, 0.1) is 11.2 Å². The van der Waals surface area contributed by atoms with Crippen molar-refractivity contribution in [3.05, 3.63) is 24.0 Å². The molecule has 1 aromatic carbocycles. The van der Waals surface area contributed by atoms with Crippen LogP contribution in [0.25, 0.3) is 0 Å². The summed E-state index contributed by atoms with van der Waals surface area (Å²) in [6.45, 7) is 3.02. The van der Waals surface area contributed by atoms with Crippen LogP contribution in [0.4, 0.5) is 20.6 Å². The number of aliphatic hydroxyl groups is 1. The molecule has 0 spiro atoms. The molecule has 27 heavy (non-hydrogen) atoms. The van der Waals surface area contributed by atoms with Crippen LogP contribution in [0.1, 0.15) is 6.92 Å². The molecule has 9 nitrogen and oxygen atoms in total. The molecule has 148 valence electrons. The van der Waals surface area contributed by atoms with E-state index in [1.165, 1.54) is 28.9 Å². The van der Waals surface area contributed by atoms with Gasteiger partial charge in [0.15, 0.2) is 0 Å². The van der Waals surface area contributed by atoms with E-state index in [4.69, 9.17) is 15.3 Å². The Morgan fingerprint density at radius 2 is 2.30 bits per heavy atom. The van der Waals surface area contributed by atoms with Gasteiger partial charge < -0.3 is 25.4 Å². The summed E-state index contributed by atoms with van der Waals surface area (Å²) < 4.78 is 19.7. The highest BCUT2D eigenvalue weighted by atomic mass is 19.1. The molecule has 1 fully saturated rings. The molecular formula is C17H24FN5O4. The number of aliphatic hydroxyl groups excluding tert-OH is 1. The lowest BCUT2D eigenvalue weighted by Crippen LogP contribution is -2.33. The summed E-state index contributed by atoms with van der Waals surface area (Å²) in [6.07, 6.45) is -0.0823. The zero-order valence-corrected chi connectivity index (χ0v) is 15.1. The summed E-state index contributed by atoms with van der Waals surface area (Å²) in [5.41, 5.74) is 0.553. The first-order valence-electron chi connectivity index (χ1n) is 8.57. The maximum absolute atomic E-state index is 14.6. The van der Waals surface area contributed by atoms with Crippen LogP contribution in [0.2, 0.25) is 0 Å². The van der Waals surface area contributed by atoms with Gasteiger partial charge in [0.1, 0.15) is 11.9 Å². The molecule has 0 radical (unpaired) electrons. The highest BCUT2D eigenvalue weighted by Gasteiger charge is 2.32. The molecule has 0 saturated carbocycles. The van der Waals surface area contributed by atoms with Crippen molar-refractivity contribution in [3.63, 3.8) is 0 Å². The van der Waals surface area contributed by atoms with Gasteiger partial charge >= 0.3 is 6.09 Å². The lowest BCUT2D eigenvalue weighted by atomic mass is 10.2. The molecule has 1 unspecified atom stereocenters. The van der Waals surface area contributed by atoms with Crippen LogP contribution in [0.5, 0.6) is 0 Å². The average Bonchev–Trinajstić information content (AvgIpc) is 3.01. The Balaban J connectivity index is 2.03. The fraction of sp³-hybridized carbons (Fsp3) is 0.471. The summed E-state index contributed by atoms with van der Waals surface area (Å²) in [7, 11) is 0. The van der Waals surface area contributed by atoms with E-state index in [0.717, 1.165) is 6.34 Å². The lowest BCUT2D eigenvalue weighted by molar-refractivity contribution is -0.119. The third-order valence-electron chi connectivity index (χ3n) is 3.98. The number of cyclic esters (lactones) is 1. The first-order valence-corrected chi connectivity index (χ1v) is 8.57. The Morgan fingerprint density at radius 3 is 2.93 bits per heavy atom. The van der Waals surface area contributed by atoms with Gasteiger partial charge in [0.05, 0.1) is 37.4 Å². The second kappa shape index (κ2) is 9.83. The molecule has 0 aromatic heterocycles. The number of nitrogens with zero attached hydrogens (tertiary/aromatic N) is 2. The van der Waals surface area contributed by atoms with Crippen molar-refractivity contribution in [3.8, 4) is 0 Å². The predicted molar refractivity (Wildman–Crippen MR) is 98.8 cm³/mol. The molecule has 2 amide bonds. The van der Waals surface area contributed by atoms with Crippen LogP contribution in [-0.4, -0.2) is 68.9 Å². The first kappa shape index (κ1) is 20.6. The Kier molecular flexibility index (Phi) is 7.50. The molecule has 1 aliphatic heterocycles. The number of ether oxygens (including phenoxy) is 1. The maximum Gasteiger partial charge on any atom is 0.414 e. The van der Waals surface area contributed by atoms with Gasteiger partial charge in [-0.2, -0.15) is 0 Å². The highest BCUT2D eigenvalue weighted by Crippen LogP contribution is 2.27. The summed E-state index contributed by atoms with van der Waals surface area (Å²) >= 11 is 0. The third-order valence-corrected chi connectivity index (χ3v) is 3.98. The smallest absolute Gasteiger partial charge is 0.414 e. The van der Waals surface area contributed by atoms with Crippen molar-refractivity contribution < 1.29 is 23.8 Å². The molecule has 1 saturated heterocycles. The monoisotopic (exact) mass is 381 g/mol. The Morgan fingerprint density at radius 1 is 1.52 bits per heavy atom. The molecule has 1 aliphatic rings. The molecule has 0 bridgehead atoms. The Hall–Kier alpha value is -2.72. The van der Waals surface area contributed by atoms with Crippen LogP contribution >= 0.6 is 0 Å². The van der Waals surface area contributed by atoms with Gasteiger partial charge in [-0.3, -0.25) is 15.1 Å². The normalized spacial score (nSPS) is 16.2. The van der Waals surface area contributed by atoms with Crippen molar-refractivity contribution in [1.29, 1.82) is 5.41 Å². The fourth-order valence-electron chi connectivity index (χ4n) is 2.65. The summed E-state index contributed by atoms with van der Waals surface area (Å²) in [5.74, 6) is -0.795. The van der Waals surface area contributed by atoms with E-state index in [2.05, 4.69) is 10.6 Å². The van der Waals surface area contributed by atoms with E-state index in [1.54, 1.807) is 6.07 Å². The van der Waals surface area contributed by atoms with Crippen LogP contribution < -0.4 is 20.4 Å². The van der Waals surface area contributed by atoms with Gasteiger partial charge in [0.25, 0.3) is 0 Å². The lowest BCUT2D eigenvalue weighted by Gasteiger charge is -2.21. The summed E-state index contributed by atoms with van der Waals surface area (Å²) in [5, 5.41) is 21.8. The number of benzene rings is 1. The molecular weight excluding hydrogens is 357 g/mol. The Labute approximate surface area is 156 Å². The van der Waals surface area contributed by atoms with E-state index in [0.29, 0.717) is 25.3 Å². The number of nitrogens with one attached hydrogen (secondary N) is 3. The van der Waals surface area contributed by atoms with Gasteiger partial charge in [-0.1, -0.05) is 0 Å². The topological polar surface area (TPSA) is 118 Å².